The zero-order valence-corrected chi connectivity index (χ0v) is 25.1. The second-order valence-corrected chi connectivity index (χ2v) is 11.6. The maximum atomic E-state index is 13.4. The Morgan fingerprint density at radius 3 is 2.53 bits per heavy atom. The van der Waals surface area contributed by atoms with Crippen molar-refractivity contribution in [1.82, 2.24) is 9.55 Å². The standard InChI is InChI=1S/C34H35N5O4/c1-6-39-28-13-12-23(20-29(28)36(5)32(41)34(3,4)33(39)42)21-38(27-11-7-10-26-24(27)9-8-15-35-26)18-17-37-16-14-30-25(31(37)40)19-22(2)43-30/h7-16,19-20H,6,17-18,21H2,1-5H3. The number of benzene rings is 2. The molecule has 0 radical (unpaired) electrons. The molecule has 43 heavy (non-hydrogen) atoms. The Morgan fingerprint density at radius 1 is 0.930 bits per heavy atom. The zero-order valence-electron chi connectivity index (χ0n) is 25.1. The number of pyridine rings is 2. The van der Waals surface area contributed by atoms with Crippen molar-refractivity contribution in [2.24, 2.45) is 5.41 Å². The van der Waals surface area contributed by atoms with Gasteiger partial charge < -0.3 is 23.7 Å². The van der Waals surface area contributed by atoms with Crippen LogP contribution in [0.5, 0.6) is 0 Å². The highest BCUT2D eigenvalue weighted by atomic mass is 16.3. The highest BCUT2D eigenvalue weighted by Crippen LogP contribution is 2.39. The molecule has 1 aliphatic rings. The highest BCUT2D eigenvalue weighted by molar-refractivity contribution is 6.20. The molecule has 0 aliphatic carbocycles. The predicted octanol–water partition coefficient (Wildman–Crippen LogP) is 5.51. The fraction of sp³-hybridized carbons (Fsp3) is 0.294. The number of nitrogens with zero attached hydrogens (tertiary/aromatic N) is 5. The van der Waals surface area contributed by atoms with E-state index in [9.17, 15) is 14.4 Å². The van der Waals surface area contributed by atoms with Gasteiger partial charge in [0.25, 0.3) is 5.56 Å². The van der Waals surface area contributed by atoms with E-state index in [0.717, 1.165) is 22.2 Å². The van der Waals surface area contributed by atoms with Crippen molar-refractivity contribution in [3.63, 3.8) is 0 Å². The number of fused-ring (bicyclic) bond motifs is 3. The summed E-state index contributed by atoms with van der Waals surface area (Å²) in [5, 5.41) is 1.57. The summed E-state index contributed by atoms with van der Waals surface area (Å²) < 4.78 is 7.36. The molecule has 0 spiro atoms. The molecule has 5 aromatic rings. The van der Waals surface area contributed by atoms with Crippen LogP contribution < -0.4 is 20.3 Å². The molecule has 0 fully saturated rings. The molecule has 6 rings (SSSR count). The molecular formula is C34H35N5O4. The van der Waals surface area contributed by atoms with Crippen LogP contribution in [0.4, 0.5) is 17.1 Å². The normalized spacial score (nSPS) is 14.8. The van der Waals surface area contributed by atoms with Gasteiger partial charge in [0, 0.05) is 56.7 Å². The van der Waals surface area contributed by atoms with E-state index in [4.69, 9.17) is 4.42 Å². The molecule has 2 aromatic carbocycles. The number of furan rings is 1. The quantitative estimate of drug-likeness (QED) is 0.237. The number of aromatic nitrogens is 2. The van der Waals surface area contributed by atoms with E-state index in [1.165, 1.54) is 0 Å². The first-order valence-corrected chi connectivity index (χ1v) is 14.5. The number of amides is 2. The van der Waals surface area contributed by atoms with Crippen LogP contribution in [0.3, 0.4) is 0 Å². The second kappa shape index (κ2) is 10.7. The number of rotatable bonds is 7. The summed E-state index contributed by atoms with van der Waals surface area (Å²) in [5.74, 6) is 0.250. The van der Waals surface area contributed by atoms with Gasteiger partial charge in [0.15, 0.2) is 0 Å². The lowest BCUT2D eigenvalue weighted by Crippen LogP contribution is -2.47. The molecule has 1 aliphatic heterocycles. The Kier molecular flexibility index (Phi) is 7.04. The molecule has 0 unspecified atom stereocenters. The van der Waals surface area contributed by atoms with Crippen molar-refractivity contribution in [1.29, 1.82) is 0 Å². The minimum absolute atomic E-state index is 0.0917. The van der Waals surface area contributed by atoms with Crippen LogP contribution in [0, 0.1) is 12.3 Å². The Labute approximate surface area is 249 Å². The van der Waals surface area contributed by atoms with Crippen molar-refractivity contribution in [2.75, 3.05) is 34.8 Å². The molecule has 2 amide bonds. The van der Waals surface area contributed by atoms with Crippen LogP contribution in [0.25, 0.3) is 21.9 Å². The summed E-state index contributed by atoms with van der Waals surface area (Å²) in [5.41, 5.74) is 3.57. The summed E-state index contributed by atoms with van der Waals surface area (Å²) in [6.45, 7) is 9.08. The van der Waals surface area contributed by atoms with Crippen molar-refractivity contribution >= 4 is 50.7 Å². The molecule has 3 aromatic heterocycles. The van der Waals surface area contributed by atoms with Crippen molar-refractivity contribution in [2.45, 2.75) is 40.8 Å². The van der Waals surface area contributed by atoms with E-state index >= 15 is 0 Å². The van der Waals surface area contributed by atoms with Crippen LogP contribution in [-0.4, -0.2) is 41.5 Å². The molecule has 220 valence electrons. The van der Waals surface area contributed by atoms with Crippen LogP contribution in [0.1, 0.15) is 32.1 Å². The SMILES string of the molecule is CCN1C(=O)C(C)(C)C(=O)N(C)c2cc(CN(CCn3ccc4oc(C)cc4c3=O)c3cccc4ncccc34)ccc21. The van der Waals surface area contributed by atoms with Gasteiger partial charge in [0.1, 0.15) is 16.8 Å². The van der Waals surface area contributed by atoms with E-state index in [0.29, 0.717) is 54.3 Å². The van der Waals surface area contributed by atoms with Crippen molar-refractivity contribution in [3.8, 4) is 0 Å². The molecule has 0 atom stereocenters. The third-order valence-electron chi connectivity index (χ3n) is 8.36. The van der Waals surface area contributed by atoms with Crippen molar-refractivity contribution < 1.29 is 14.0 Å². The zero-order chi connectivity index (χ0) is 30.5. The van der Waals surface area contributed by atoms with Gasteiger partial charge in [0.2, 0.25) is 11.8 Å². The maximum Gasteiger partial charge on any atom is 0.261 e. The first kappa shape index (κ1) is 28.2. The number of carbonyl (C=O) groups is 2. The predicted molar refractivity (Wildman–Crippen MR) is 170 cm³/mol. The Balaban J connectivity index is 1.40. The molecule has 0 saturated carbocycles. The van der Waals surface area contributed by atoms with E-state index in [2.05, 4.69) is 16.0 Å². The highest BCUT2D eigenvalue weighted by Gasteiger charge is 2.45. The fourth-order valence-electron chi connectivity index (χ4n) is 6.02. The molecule has 4 heterocycles. The van der Waals surface area contributed by atoms with E-state index in [1.807, 2.05) is 62.4 Å². The Morgan fingerprint density at radius 2 is 1.74 bits per heavy atom. The van der Waals surface area contributed by atoms with Gasteiger partial charge in [-0.3, -0.25) is 19.4 Å². The lowest BCUT2D eigenvalue weighted by Gasteiger charge is -2.28. The number of aryl methyl sites for hydroxylation is 1. The summed E-state index contributed by atoms with van der Waals surface area (Å²) in [6, 6.07) is 19.5. The third kappa shape index (κ3) is 4.84. The fourth-order valence-corrected chi connectivity index (χ4v) is 6.02. The van der Waals surface area contributed by atoms with Crippen LogP contribution in [0.15, 0.2) is 82.3 Å². The van der Waals surface area contributed by atoms with Crippen LogP contribution in [0.2, 0.25) is 0 Å². The van der Waals surface area contributed by atoms with Gasteiger partial charge in [-0.25, -0.2) is 0 Å². The summed E-state index contributed by atoms with van der Waals surface area (Å²) in [7, 11) is 1.73. The summed E-state index contributed by atoms with van der Waals surface area (Å²) in [4.78, 5) is 50.1. The molecule has 0 bridgehead atoms. The number of carbonyl (C=O) groups excluding carboxylic acids is 2. The molecule has 0 N–H and O–H groups in total. The van der Waals surface area contributed by atoms with Gasteiger partial charge in [-0.2, -0.15) is 0 Å². The Hall–Kier alpha value is -4.92. The van der Waals surface area contributed by atoms with Gasteiger partial charge in [-0.1, -0.05) is 12.1 Å². The number of hydrogen-bond acceptors (Lipinski definition) is 6. The summed E-state index contributed by atoms with van der Waals surface area (Å²) >= 11 is 0. The minimum Gasteiger partial charge on any atom is -0.461 e. The lowest BCUT2D eigenvalue weighted by molar-refractivity contribution is -0.137. The first-order valence-electron chi connectivity index (χ1n) is 14.5. The van der Waals surface area contributed by atoms with E-state index in [1.54, 1.807) is 53.7 Å². The minimum atomic E-state index is -1.17. The van der Waals surface area contributed by atoms with Gasteiger partial charge in [-0.05, 0) is 81.8 Å². The third-order valence-corrected chi connectivity index (χ3v) is 8.36. The van der Waals surface area contributed by atoms with Crippen molar-refractivity contribution in [3.05, 3.63) is 94.7 Å². The van der Waals surface area contributed by atoms with Crippen LogP contribution in [-0.2, 0) is 22.7 Å². The molecule has 9 nitrogen and oxygen atoms in total. The molecule has 9 heteroatoms. The van der Waals surface area contributed by atoms with Crippen LogP contribution >= 0.6 is 0 Å². The smallest absolute Gasteiger partial charge is 0.261 e. The van der Waals surface area contributed by atoms with Gasteiger partial charge in [-0.15, -0.1) is 0 Å². The van der Waals surface area contributed by atoms with Gasteiger partial charge >= 0.3 is 0 Å². The van der Waals surface area contributed by atoms with E-state index < -0.39 is 5.41 Å². The number of anilines is 3. The monoisotopic (exact) mass is 577 g/mol. The second-order valence-electron chi connectivity index (χ2n) is 11.6. The largest absolute Gasteiger partial charge is 0.461 e. The molecule has 0 saturated heterocycles. The Bertz CT molecular complexity index is 1930. The maximum absolute atomic E-state index is 13.4. The average molecular weight is 578 g/mol. The first-order chi connectivity index (χ1) is 20.6. The molecular weight excluding hydrogens is 542 g/mol. The van der Waals surface area contributed by atoms with Gasteiger partial charge in [0.05, 0.1) is 22.3 Å². The average Bonchev–Trinajstić information content (AvgIpc) is 3.39. The lowest BCUT2D eigenvalue weighted by atomic mass is 9.90. The topological polar surface area (TPSA) is 91.9 Å². The number of hydrogen-bond donors (Lipinski definition) is 0. The summed E-state index contributed by atoms with van der Waals surface area (Å²) in [6.07, 6.45) is 3.55. The van der Waals surface area contributed by atoms with E-state index in [-0.39, 0.29) is 17.4 Å².